The molecule has 0 N–H and O–H groups in total. The second kappa shape index (κ2) is 4.02. The van der Waals surface area contributed by atoms with E-state index in [0.717, 1.165) is 0 Å². The maximum absolute atomic E-state index is 12.9. The van der Waals surface area contributed by atoms with E-state index < -0.39 is 28.2 Å². The molecule has 0 aliphatic rings. The molecule has 0 fully saturated rings. The van der Waals surface area contributed by atoms with Crippen LogP contribution in [0.2, 0.25) is 0 Å². The zero-order valence-electron chi connectivity index (χ0n) is 6.77. The van der Waals surface area contributed by atoms with Crippen LogP contribution < -0.4 is 4.74 Å². The average Bonchev–Trinajstić information content (AvgIpc) is 2.08. The molecule has 0 aromatic carbocycles. The molecule has 0 atom stereocenters. The van der Waals surface area contributed by atoms with E-state index in [2.05, 4.69) is 25.7 Å². The minimum Gasteiger partial charge on any atom is -0.388 e. The summed E-state index contributed by atoms with van der Waals surface area (Å²) in [5.74, 6) is -1.93. The Labute approximate surface area is 89.4 Å². The smallest absolute Gasteiger partial charge is 0.388 e. The molecule has 1 aromatic rings. The summed E-state index contributed by atoms with van der Waals surface area (Å²) >= 11 is 2.56. The van der Waals surface area contributed by atoms with Gasteiger partial charge in [-0.3, -0.25) is 0 Å². The minimum atomic E-state index is -4.93. The Balaban J connectivity index is 3.13. The van der Waals surface area contributed by atoms with Gasteiger partial charge < -0.3 is 4.74 Å². The maximum atomic E-state index is 12.9. The second-order valence-corrected chi connectivity index (χ2v) is 3.02. The first-order chi connectivity index (χ1) is 6.83. The van der Waals surface area contributed by atoms with E-state index in [-0.39, 0.29) is 0 Å². The van der Waals surface area contributed by atoms with Crippen LogP contribution in [0.1, 0.15) is 5.56 Å². The van der Waals surface area contributed by atoms with Crippen molar-refractivity contribution in [3.63, 3.8) is 0 Å². The molecule has 0 radical (unpaired) electrons. The lowest BCUT2D eigenvalue weighted by Crippen LogP contribution is -2.18. The highest BCUT2D eigenvalue weighted by atomic mass is 79.9. The summed E-state index contributed by atoms with van der Waals surface area (Å²) in [4.78, 5) is 3.12. The van der Waals surface area contributed by atoms with Crippen molar-refractivity contribution in [3.8, 4) is 11.9 Å². The summed E-state index contributed by atoms with van der Waals surface area (Å²) in [6.45, 7) is 0. The van der Waals surface area contributed by atoms with Crippen LogP contribution in [-0.4, -0.2) is 11.3 Å². The average molecular weight is 285 g/mol. The van der Waals surface area contributed by atoms with Crippen molar-refractivity contribution >= 4 is 15.9 Å². The Bertz CT molecular complexity index is 426. The molecule has 0 aliphatic heterocycles. The lowest BCUT2D eigenvalue weighted by molar-refractivity contribution is -0.276. The van der Waals surface area contributed by atoms with Gasteiger partial charge in [-0.1, -0.05) is 0 Å². The predicted molar refractivity (Wildman–Crippen MR) is 43.3 cm³/mol. The molecular formula is C7HBrF4N2O. The molecule has 8 heteroatoms. The molecule has 0 unspecified atom stereocenters. The summed E-state index contributed by atoms with van der Waals surface area (Å²) in [6, 6.07) is 1.93. The Morgan fingerprint density at radius 3 is 2.53 bits per heavy atom. The van der Waals surface area contributed by atoms with Gasteiger partial charge in [0, 0.05) is 6.07 Å². The lowest BCUT2D eigenvalue weighted by Gasteiger charge is -2.08. The SMILES string of the molecule is N#Cc1cc(OC(F)(F)F)nc(Br)c1F. The maximum Gasteiger partial charge on any atom is 0.574 e. The number of pyridine rings is 1. The van der Waals surface area contributed by atoms with E-state index in [1.165, 1.54) is 6.07 Å². The molecule has 0 aliphatic carbocycles. The number of hydrogen-bond acceptors (Lipinski definition) is 3. The summed E-state index contributed by atoms with van der Waals surface area (Å²) in [5, 5.41) is 8.39. The molecular weight excluding hydrogens is 284 g/mol. The molecule has 1 rings (SSSR count). The monoisotopic (exact) mass is 284 g/mol. The van der Waals surface area contributed by atoms with Crippen molar-refractivity contribution in [2.24, 2.45) is 0 Å². The Morgan fingerprint density at radius 1 is 1.47 bits per heavy atom. The Morgan fingerprint density at radius 2 is 2.07 bits per heavy atom. The van der Waals surface area contributed by atoms with Crippen molar-refractivity contribution in [2.45, 2.75) is 6.36 Å². The second-order valence-electron chi connectivity index (χ2n) is 2.27. The van der Waals surface area contributed by atoms with Gasteiger partial charge in [-0.2, -0.15) is 5.26 Å². The van der Waals surface area contributed by atoms with E-state index in [1.54, 1.807) is 0 Å². The fourth-order valence-electron chi connectivity index (χ4n) is 0.728. The van der Waals surface area contributed by atoms with Gasteiger partial charge in [0.05, 0.1) is 5.56 Å². The van der Waals surface area contributed by atoms with Crippen LogP contribution in [0.4, 0.5) is 17.6 Å². The molecule has 80 valence electrons. The number of ether oxygens (including phenoxy) is 1. The third-order valence-corrected chi connectivity index (χ3v) is 1.76. The lowest BCUT2D eigenvalue weighted by atomic mass is 10.3. The molecule has 1 heterocycles. The number of rotatable bonds is 1. The number of hydrogen-bond donors (Lipinski definition) is 0. The van der Waals surface area contributed by atoms with E-state index in [9.17, 15) is 17.6 Å². The highest BCUT2D eigenvalue weighted by molar-refractivity contribution is 9.10. The molecule has 0 saturated carbocycles. The first kappa shape index (κ1) is 11.7. The Kier molecular flexibility index (Phi) is 3.14. The summed E-state index contributed by atoms with van der Waals surface area (Å²) in [7, 11) is 0. The van der Waals surface area contributed by atoms with Crippen molar-refractivity contribution in [3.05, 3.63) is 22.1 Å². The zero-order chi connectivity index (χ0) is 11.6. The topological polar surface area (TPSA) is 45.9 Å². The van der Waals surface area contributed by atoms with Crippen LogP contribution in [0.3, 0.4) is 0 Å². The quantitative estimate of drug-likeness (QED) is 0.588. The van der Waals surface area contributed by atoms with Gasteiger partial charge in [0.15, 0.2) is 5.82 Å². The number of nitriles is 1. The van der Waals surface area contributed by atoms with Crippen molar-refractivity contribution in [2.75, 3.05) is 0 Å². The van der Waals surface area contributed by atoms with Gasteiger partial charge in [0.2, 0.25) is 5.88 Å². The van der Waals surface area contributed by atoms with E-state index >= 15 is 0 Å². The molecule has 0 bridgehead atoms. The van der Waals surface area contributed by atoms with E-state index in [4.69, 9.17) is 5.26 Å². The predicted octanol–water partition coefficient (Wildman–Crippen LogP) is 2.75. The summed E-state index contributed by atoms with van der Waals surface area (Å²) in [6.07, 6.45) is -4.93. The van der Waals surface area contributed by atoms with Gasteiger partial charge in [-0.15, -0.1) is 13.2 Å². The van der Waals surface area contributed by atoms with Gasteiger partial charge >= 0.3 is 6.36 Å². The van der Waals surface area contributed by atoms with Gasteiger partial charge in [0.25, 0.3) is 0 Å². The number of nitrogens with zero attached hydrogens (tertiary/aromatic N) is 2. The standard InChI is InChI=1S/C7HBrF4N2O/c8-6-5(9)3(2-13)1-4(14-6)15-7(10,11)12/h1H. The Hall–Kier alpha value is -1.36. The summed E-state index contributed by atoms with van der Waals surface area (Å²) < 4.78 is 51.1. The van der Waals surface area contributed by atoms with E-state index in [0.29, 0.717) is 6.07 Å². The van der Waals surface area contributed by atoms with Crippen molar-refractivity contribution in [1.29, 1.82) is 5.26 Å². The number of alkyl halides is 3. The van der Waals surface area contributed by atoms with Gasteiger partial charge in [-0.05, 0) is 15.9 Å². The third kappa shape index (κ3) is 3.06. The molecule has 3 nitrogen and oxygen atoms in total. The fourth-order valence-corrected chi connectivity index (χ4v) is 1.12. The molecule has 0 spiro atoms. The van der Waals surface area contributed by atoms with Gasteiger partial charge in [0.1, 0.15) is 10.7 Å². The minimum absolute atomic E-state index is 0.513. The number of aromatic nitrogens is 1. The molecule has 1 aromatic heterocycles. The van der Waals surface area contributed by atoms with Crippen molar-refractivity contribution < 1.29 is 22.3 Å². The van der Waals surface area contributed by atoms with Crippen LogP contribution >= 0.6 is 15.9 Å². The highest BCUT2D eigenvalue weighted by Gasteiger charge is 2.32. The molecule has 0 saturated heterocycles. The van der Waals surface area contributed by atoms with Crippen LogP contribution in [0.15, 0.2) is 10.7 Å². The first-order valence-corrected chi connectivity index (χ1v) is 4.14. The van der Waals surface area contributed by atoms with Crippen LogP contribution in [0.25, 0.3) is 0 Å². The normalized spacial score (nSPS) is 10.9. The first-order valence-electron chi connectivity index (χ1n) is 3.35. The fraction of sp³-hybridized carbons (Fsp3) is 0.143. The third-order valence-electron chi connectivity index (χ3n) is 1.23. The van der Waals surface area contributed by atoms with Crippen LogP contribution in [0.5, 0.6) is 5.88 Å². The van der Waals surface area contributed by atoms with E-state index in [1.807, 2.05) is 0 Å². The largest absolute Gasteiger partial charge is 0.574 e. The highest BCUT2D eigenvalue weighted by Crippen LogP contribution is 2.25. The summed E-state index contributed by atoms with van der Waals surface area (Å²) in [5.41, 5.74) is -0.587. The van der Waals surface area contributed by atoms with Gasteiger partial charge in [-0.25, -0.2) is 9.37 Å². The van der Waals surface area contributed by atoms with Crippen LogP contribution in [0, 0.1) is 17.1 Å². The molecule has 0 amide bonds. The van der Waals surface area contributed by atoms with Crippen molar-refractivity contribution in [1.82, 2.24) is 4.98 Å². The number of halogens is 5. The molecule has 15 heavy (non-hydrogen) atoms. The van der Waals surface area contributed by atoms with Crippen LogP contribution in [-0.2, 0) is 0 Å². The zero-order valence-corrected chi connectivity index (χ0v) is 8.36.